The van der Waals surface area contributed by atoms with Gasteiger partial charge in [-0.15, -0.1) is 0 Å². The van der Waals surface area contributed by atoms with E-state index >= 15 is 0 Å². The molecule has 0 spiro atoms. The molecule has 0 saturated heterocycles. The van der Waals surface area contributed by atoms with Crippen molar-refractivity contribution in [2.75, 3.05) is 5.73 Å². The molecule has 2 rings (SSSR count). The molecule has 2 N–H and O–H groups in total. The van der Waals surface area contributed by atoms with Crippen LogP contribution in [0.5, 0.6) is 0 Å². The molecule has 1 aromatic rings. The fraction of sp³-hybridized carbons (Fsp3) is 0.429. The van der Waals surface area contributed by atoms with Crippen molar-refractivity contribution in [1.82, 2.24) is 0 Å². The van der Waals surface area contributed by atoms with E-state index in [2.05, 4.69) is 0 Å². The normalized spacial score (nSPS) is 19.8. The second-order valence-electron chi connectivity index (χ2n) is 5.77. The summed E-state index contributed by atoms with van der Waals surface area (Å²) < 4.78 is 0. The van der Waals surface area contributed by atoms with Crippen LogP contribution in [-0.4, -0.2) is 11.6 Å². The Morgan fingerprint density at radius 1 is 1.16 bits per heavy atom. The van der Waals surface area contributed by atoms with Crippen LogP contribution in [0.25, 0.3) is 0 Å². The van der Waals surface area contributed by atoms with Crippen molar-refractivity contribution >= 4 is 40.5 Å². The molecule has 0 heterocycles. The summed E-state index contributed by atoms with van der Waals surface area (Å²) in [7, 11) is 0. The summed E-state index contributed by atoms with van der Waals surface area (Å²) in [5.41, 5.74) is 6.27. The van der Waals surface area contributed by atoms with E-state index in [1.165, 1.54) is 12.1 Å². The monoisotopic (exact) mass is 299 g/mol. The maximum Gasteiger partial charge on any atom is 0.148 e. The summed E-state index contributed by atoms with van der Waals surface area (Å²) in [6.45, 7) is 3.82. The number of rotatable bonds is 1. The summed E-state index contributed by atoms with van der Waals surface area (Å²) in [6, 6.07) is 3.03. The second kappa shape index (κ2) is 4.80. The van der Waals surface area contributed by atoms with Crippen LogP contribution >= 0.6 is 23.2 Å². The van der Waals surface area contributed by atoms with E-state index in [9.17, 15) is 9.59 Å². The zero-order chi connectivity index (χ0) is 14.4. The third-order valence-electron chi connectivity index (χ3n) is 3.36. The molecule has 0 atom stereocenters. The molecule has 19 heavy (non-hydrogen) atoms. The van der Waals surface area contributed by atoms with Crippen LogP contribution in [0, 0.1) is 5.41 Å². The Kier molecular flexibility index (Phi) is 3.63. The molecule has 3 nitrogen and oxygen atoms in total. The van der Waals surface area contributed by atoms with Gasteiger partial charge in [0, 0.05) is 34.1 Å². The third kappa shape index (κ3) is 2.77. The van der Waals surface area contributed by atoms with E-state index in [4.69, 9.17) is 28.9 Å². The van der Waals surface area contributed by atoms with Gasteiger partial charge in [0.1, 0.15) is 17.5 Å². The second-order valence-corrected chi connectivity index (χ2v) is 6.62. The van der Waals surface area contributed by atoms with Gasteiger partial charge in [0.05, 0.1) is 0 Å². The Balaban J connectivity index is 2.48. The standard InChI is InChI=1S/C14H15Cl2NO2/c1-14(2)5-10(18)13(11(19)6-14)12-8(16)3-7(15)4-9(12)17/h3-4,13H,5-6,17H2,1-2H3. The lowest BCUT2D eigenvalue weighted by molar-refractivity contribution is -0.135. The van der Waals surface area contributed by atoms with E-state index < -0.39 is 5.92 Å². The first-order valence-electron chi connectivity index (χ1n) is 6.01. The van der Waals surface area contributed by atoms with Gasteiger partial charge in [-0.2, -0.15) is 0 Å². The molecule has 1 fully saturated rings. The zero-order valence-corrected chi connectivity index (χ0v) is 12.3. The van der Waals surface area contributed by atoms with Crippen molar-refractivity contribution in [3.63, 3.8) is 0 Å². The van der Waals surface area contributed by atoms with Crippen molar-refractivity contribution in [2.24, 2.45) is 5.41 Å². The van der Waals surface area contributed by atoms with Crippen molar-refractivity contribution in [1.29, 1.82) is 0 Å². The minimum Gasteiger partial charge on any atom is -0.398 e. The molecule has 1 aliphatic rings. The average molecular weight is 300 g/mol. The largest absolute Gasteiger partial charge is 0.398 e. The molecule has 1 aromatic carbocycles. The SMILES string of the molecule is CC1(C)CC(=O)C(c2c(N)cc(Cl)cc2Cl)C(=O)C1. The maximum atomic E-state index is 12.2. The molecule has 0 radical (unpaired) electrons. The lowest BCUT2D eigenvalue weighted by Gasteiger charge is -2.32. The number of nitrogen functional groups attached to an aromatic ring is 1. The number of hydrogen-bond donors (Lipinski definition) is 1. The zero-order valence-electron chi connectivity index (χ0n) is 10.8. The van der Waals surface area contributed by atoms with E-state index in [1.807, 2.05) is 13.8 Å². The van der Waals surface area contributed by atoms with Gasteiger partial charge in [0.25, 0.3) is 0 Å². The first kappa shape index (κ1) is 14.4. The van der Waals surface area contributed by atoms with Gasteiger partial charge in [-0.05, 0) is 17.5 Å². The van der Waals surface area contributed by atoms with Crippen molar-refractivity contribution in [3.8, 4) is 0 Å². The molecule has 0 amide bonds. The highest BCUT2D eigenvalue weighted by Crippen LogP contribution is 2.42. The summed E-state index contributed by atoms with van der Waals surface area (Å²) in [5, 5.41) is 0.665. The lowest BCUT2D eigenvalue weighted by Crippen LogP contribution is -2.36. The number of ketones is 2. The predicted octanol–water partition coefficient (Wildman–Crippen LogP) is 3.62. The van der Waals surface area contributed by atoms with Gasteiger partial charge in [-0.25, -0.2) is 0 Å². The highest BCUT2D eigenvalue weighted by atomic mass is 35.5. The lowest BCUT2D eigenvalue weighted by atomic mass is 9.69. The van der Waals surface area contributed by atoms with Crippen molar-refractivity contribution in [3.05, 3.63) is 27.7 Å². The first-order chi connectivity index (χ1) is 8.71. The molecular formula is C14H15Cl2NO2. The highest BCUT2D eigenvalue weighted by molar-refractivity contribution is 6.36. The van der Waals surface area contributed by atoms with Crippen LogP contribution in [0.2, 0.25) is 10.0 Å². The molecule has 102 valence electrons. The number of halogens is 2. The van der Waals surface area contributed by atoms with Crippen molar-refractivity contribution < 1.29 is 9.59 Å². The van der Waals surface area contributed by atoms with Crippen molar-refractivity contribution in [2.45, 2.75) is 32.6 Å². The predicted molar refractivity (Wildman–Crippen MR) is 76.6 cm³/mol. The van der Waals surface area contributed by atoms with Crippen LogP contribution in [0.1, 0.15) is 38.2 Å². The summed E-state index contributed by atoms with van der Waals surface area (Å²) >= 11 is 11.9. The number of carbonyl (C=O) groups excluding carboxylic acids is 2. The molecule has 0 aliphatic heterocycles. The van der Waals surface area contributed by atoms with Gasteiger partial charge in [-0.1, -0.05) is 37.0 Å². The number of anilines is 1. The van der Waals surface area contributed by atoms with Crippen LogP contribution in [0.4, 0.5) is 5.69 Å². The fourth-order valence-corrected chi connectivity index (χ4v) is 3.24. The highest BCUT2D eigenvalue weighted by Gasteiger charge is 2.41. The summed E-state index contributed by atoms with van der Waals surface area (Å²) in [4.78, 5) is 24.5. The molecule has 1 aliphatic carbocycles. The van der Waals surface area contributed by atoms with Gasteiger partial charge < -0.3 is 5.73 Å². The Labute approximate surface area is 122 Å². The first-order valence-corrected chi connectivity index (χ1v) is 6.77. The molecule has 0 bridgehead atoms. The number of carbonyl (C=O) groups is 2. The Morgan fingerprint density at radius 3 is 2.16 bits per heavy atom. The number of hydrogen-bond acceptors (Lipinski definition) is 3. The quantitative estimate of drug-likeness (QED) is 0.636. The van der Waals surface area contributed by atoms with E-state index in [0.29, 0.717) is 29.1 Å². The van der Waals surface area contributed by atoms with E-state index in [1.54, 1.807) is 0 Å². The fourth-order valence-electron chi connectivity index (χ4n) is 2.62. The maximum absolute atomic E-state index is 12.2. The van der Waals surface area contributed by atoms with Gasteiger partial charge >= 0.3 is 0 Å². The van der Waals surface area contributed by atoms with Crippen LogP contribution in [0.3, 0.4) is 0 Å². The summed E-state index contributed by atoms with van der Waals surface area (Å²) in [5.74, 6) is -1.10. The molecule has 0 aromatic heterocycles. The number of benzene rings is 1. The van der Waals surface area contributed by atoms with Gasteiger partial charge in [0.15, 0.2) is 0 Å². The van der Waals surface area contributed by atoms with Crippen LogP contribution < -0.4 is 5.73 Å². The van der Waals surface area contributed by atoms with Gasteiger partial charge in [0.2, 0.25) is 0 Å². The summed E-state index contributed by atoms with van der Waals surface area (Å²) in [6.07, 6.45) is 0.698. The van der Waals surface area contributed by atoms with Gasteiger partial charge in [-0.3, -0.25) is 9.59 Å². The minimum absolute atomic E-state index is 0.128. The Bertz CT molecular complexity index is 524. The Hall–Kier alpha value is -1.06. The Morgan fingerprint density at radius 2 is 1.68 bits per heavy atom. The van der Waals surface area contributed by atoms with Crippen LogP contribution in [0.15, 0.2) is 12.1 Å². The number of Topliss-reactive ketones (excluding diaryl/α,β-unsaturated/α-hetero) is 2. The van der Waals surface area contributed by atoms with Crippen LogP contribution in [-0.2, 0) is 9.59 Å². The molecular weight excluding hydrogens is 285 g/mol. The van der Waals surface area contributed by atoms with E-state index in [-0.39, 0.29) is 22.0 Å². The minimum atomic E-state index is -0.849. The molecule has 0 unspecified atom stereocenters. The number of nitrogens with two attached hydrogens (primary N) is 1. The molecule has 1 saturated carbocycles. The topological polar surface area (TPSA) is 60.2 Å². The van der Waals surface area contributed by atoms with E-state index in [0.717, 1.165) is 0 Å². The smallest absolute Gasteiger partial charge is 0.148 e. The average Bonchev–Trinajstić information content (AvgIpc) is 2.18. The third-order valence-corrected chi connectivity index (χ3v) is 3.90. The molecule has 5 heteroatoms.